The largest absolute Gasteiger partial charge is 0.399 e. The molecule has 1 aromatic rings. The Labute approximate surface area is 99.5 Å². The maximum Gasteiger partial charge on any atom is 0.202 e. The lowest BCUT2D eigenvalue weighted by atomic mass is 10.3. The molecule has 17 heavy (non-hydrogen) atoms. The van der Waals surface area contributed by atoms with Crippen molar-refractivity contribution in [1.29, 1.82) is 0 Å². The Morgan fingerprint density at radius 2 is 2.06 bits per heavy atom. The lowest BCUT2D eigenvalue weighted by molar-refractivity contribution is 0.165. The van der Waals surface area contributed by atoms with Crippen LogP contribution in [0.5, 0.6) is 0 Å². The summed E-state index contributed by atoms with van der Waals surface area (Å²) in [6.45, 7) is 0.448. The van der Waals surface area contributed by atoms with E-state index < -0.39 is 21.6 Å². The number of nitrogen functional groups attached to an aromatic ring is 1. The Morgan fingerprint density at radius 3 is 2.65 bits per heavy atom. The van der Waals surface area contributed by atoms with Crippen molar-refractivity contribution in [1.82, 2.24) is 0 Å². The Hall–Kier alpha value is -1.14. The van der Waals surface area contributed by atoms with Crippen molar-refractivity contribution in [3.05, 3.63) is 24.0 Å². The molecule has 1 aromatic carbocycles. The first-order valence-electron chi connectivity index (χ1n) is 5.34. The molecule has 0 saturated heterocycles. The number of benzene rings is 1. The second-order valence-corrected chi connectivity index (χ2v) is 6.20. The smallest absolute Gasteiger partial charge is 0.202 e. The summed E-state index contributed by atoms with van der Waals surface area (Å²) in [5.41, 5.74) is 5.49. The highest BCUT2D eigenvalue weighted by molar-refractivity contribution is 7.91. The van der Waals surface area contributed by atoms with Crippen LogP contribution in [0, 0.1) is 11.7 Å². The van der Waals surface area contributed by atoms with Gasteiger partial charge in [0.05, 0.1) is 11.5 Å². The highest BCUT2D eigenvalue weighted by Crippen LogP contribution is 2.29. The van der Waals surface area contributed by atoms with Crippen molar-refractivity contribution in [2.75, 3.05) is 18.3 Å². The van der Waals surface area contributed by atoms with Gasteiger partial charge >= 0.3 is 0 Å². The summed E-state index contributed by atoms with van der Waals surface area (Å²) >= 11 is 0. The van der Waals surface area contributed by atoms with Crippen molar-refractivity contribution in [2.24, 2.45) is 5.92 Å². The fraction of sp³-hybridized carbons (Fsp3) is 0.455. The first-order valence-corrected chi connectivity index (χ1v) is 6.99. The quantitative estimate of drug-likeness (QED) is 0.815. The van der Waals surface area contributed by atoms with E-state index in [1.807, 2.05) is 0 Å². The van der Waals surface area contributed by atoms with Gasteiger partial charge in [-0.3, -0.25) is 0 Å². The molecule has 0 atom stereocenters. The molecule has 0 spiro atoms. The molecule has 1 fully saturated rings. The van der Waals surface area contributed by atoms with Gasteiger partial charge in [-0.2, -0.15) is 0 Å². The number of anilines is 1. The second-order valence-electron chi connectivity index (χ2n) is 4.27. The lowest BCUT2D eigenvalue weighted by Crippen LogP contribution is -2.12. The summed E-state index contributed by atoms with van der Waals surface area (Å²) in [5, 5.41) is 0. The van der Waals surface area contributed by atoms with E-state index in [-0.39, 0.29) is 10.6 Å². The SMILES string of the molecule is Nc1cc(F)cc(S(=O)(=O)COCC2CC2)c1. The van der Waals surface area contributed by atoms with Crippen molar-refractivity contribution in [2.45, 2.75) is 17.7 Å². The molecule has 0 unspecified atom stereocenters. The minimum Gasteiger partial charge on any atom is -0.399 e. The van der Waals surface area contributed by atoms with Gasteiger partial charge in [-0.25, -0.2) is 12.8 Å². The van der Waals surface area contributed by atoms with Gasteiger partial charge in [-0.05, 0) is 37.0 Å². The van der Waals surface area contributed by atoms with Gasteiger partial charge in [0.25, 0.3) is 0 Å². The van der Waals surface area contributed by atoms with Crippen LogP contribution in [0.25, 0.3) is 0 Å². The highest BCUT2D eigenvalue weighted by Gasteiger charge is 2.23. The minimum atomic E-state index is -3.62. The molecule has 0 bridgehead atoms. The van der Waals surface area contributed by atoms with Gasteiger partial charge in [-0.1, -0.05) is 0 Å². The zero-order valence-corrected chi connectivity index (χ0v) is 10.0. The van der Waals surface area contributed by atoms with Gasteiger partial charge < -0.3 is 10.5 Å². The Kier molecular flexibility index (Phi) is 3.35. The average molecular weight is 259 g/mol. The van der Waals surface area contributed by atoms with E-state index in [0.29, 0.717) is 12.5 Å². The first-order chi connectivity index (χ1) is 7.97. The number of rotatable bonds is 5. The summed E-state index contributed by atoms with van der Waals surface area (Å²) in [4.78, 5) is -0.134. The van der Waals surface area contributed by atoms with Crippen LogP contribution in [0.2, 0.25) is 0 Å². The number of hydrogen-bond donors (Lipinski definition) is 1. The first kappa shape index (κ1) is 12.3. The third kappa shape index (κ3) is 3.41. The van der Waals surface area contributed by atoms with E-state index in [2.05, 4.69) is 0 Å². The number of ether oxygens (including phenoxy) is 1. The number of sulfone groups is 1. The van der Waals surface area contributed by atoms with Crippen molar-refractivity contribution >= 4 is 15.5 Å². The zero-order valence-electron chi connectivity index (χ0n) is 9.23. The van der Waals surface area contributed by atoms with Crippen molar-refractivity contribution in [3.8, 4) is 0 Å². The molecule has 0 aliphatic heterocycles. The van der Waals surface area contributed by atoms with Crippen LogP contribution < -0.4 is 5.73 Å². The van der Waals surface area contributed by atoms with Crippen LogP contribution >= 0.6 is 0 Å². The minimum absolute atomic E-state index is 0.0887. The standard InChI is InChI=1S/C11H14FNO3S/c12-9-3-10(13)5-11(4-9)17(14,15)7-16-6-8-1-2-8/h3-5,8H,1-2,6-7,13H2. The molecule has 0 aromatic heterocycles. The predicted octanol–water partition coefficient (Wildman–Crippen LogP) is 1.57. The maximum atomic E-state index is 13.0. The van der Waals surface area contributed by atoms with Crippen LogP contribution in [0.15, 0.2) is 23.1 Å². The van der Waals surface area contributed by atoms with Gasteiger partial charge in [0.15, 0.2) is 5.94 Å². The molecular weight excluding hydrogens is 245 g/mol. The Balaban J connectivity index is 2.06. The van der Waals surface area contributed by atoms with E-state index in [0.717, 1.165) is 25.0 Å². The van der Waals surface area contributed by atoms with E-state index in [4.69, 9.17) is 10.5 Å². The number of nitrogens with two attached hydrogens (primary N) is 1. The summed E-state index contributed by atoms with van der Waals surface area (Å²) in [6.07, 6.45) is 2.18. The molecular formula is C11H14FNO3S. The molecule has 1 saturated carbocycles. The van der Waals surface area contributed by atoms with Crippen LogP contribution in [-0.2, 0) is 14.6 Å². The van der Waals surface area contributed by atoms with E-state index >= 15 is 0 Å². The third-order valence-corrected chi connectivity index (χ3v) is 3.97. The number of halogens is 1. The fourth-order valence-electron chi connectivity index (χ4n) is 1.44. The summed E-state index contributed by atoms with van der Waals surface area (Å²) < 4.78 is 41.7. The second kappa shape index (κ2) is 4.62. The molecule has 2 N–H and O–H groups in total. The van der Waals surface area contributed by atoms with E-state index in [1.165, 1.54) is 6.07 Å². The predicted molar refractivity (Wildman–Crippen MR) is 61.5 cm³/mol. The molecule has 0 radical (unpaired) electrons. The highest BCUT2D eigenvalue weighted by atomic mass is 32.2. The van der Waals surface area contributed by atoms with E-state index in [9.17, 15) is 12.8 Å². The molecule has 0 heterocycles. The van der Waals surface area contributed by atoms with Gasteiger partial charge in [0.1, 0.15) is 5.82 Å². The molecule has 6 heteroatoms. The van der Waals surface area contributed by atoms with Crippen LogP contribution in [-0.4, -0.2) is 21.0 Å². The monoisotopic (exact) mass is 259 g/mol. The maximum absolute atomic E-state index is 13.0. The molecule has 1 aliphatic carbocycles. The van der Waals surface area contributed by atoms with Crippen LogP contribution in [0.1, 0.15) is 12.8 Å². The van der Waals surface area contributed by atoms with Crippen LogP contribution in [0.4, 0.5) is 10.1 Å². The summed E-state index contributed by atoms with van der Waals surface area (Å²) in [7, 11) is -3.62. The molecule has 0 amide bonds. The van der Waals surface area contributed by atoms with Gasteiger partial charge in [0, 0.05) is 5.69 Å². The third-order valence-electron chi connectivity index (χ3n) is 2.54. The number of hydrogen-bond acceptors (Lipinski definition) is 4. The van der Waals surface area contributed by atoms with Crippen molar-refractivity contribution < 1.29 is 17.5 Å². The van der Waals surface area contributed by atoms with Gasteiger partial charge in [0.2, 0.25) is 9.84 Å². The Bertz CT molecular complexity index is 491. The van der Waals surface area contributed by atoms with Crippen molar-refractivity contribution in [3.63, 3.8) is 0 Å². The summed E-state index contributed by atoms with van der Waals surface area (Å²) in [6, 6.07) is 3.26. The average Bonchev–Trinajstić information content (AvgIpc) is 3.00. The topological polar surface area (TPSA) is 69.4 Å². The molecule has 1 aliphatic rings. The lowest BCUT2D eigenvalue weighted by Gasteiger charge is -2.06. The molecule has 2 rings (SSSR count). The zero-order chi connectivity index (χ0) is 12.5. The summed E-state index contributed by atoms with van der Waals surface area (Å²) in [5.74, 6) is -0.597. The fourth-order valence-corrected chi connectivity index (χ4v) is 2.50. The molecule has 94 valence electrons. The molecule has 4 nitrogen and oxygen atoms in total. The van der Waals surface area contributed by atoms with Gasteiger partial charge in [-0.15, -0.1) is 0 Å². The van der Waals surface area contributed by atoms with Crippen LogP contribution in [0.3, 0.4) is 0 Å². The van der Waals surface area contributed by atoms with E-state index in [1.54, 1.807) is 0 Å². The Morgan fingerprint density at radius 1 is 1.35 bits per heavy atom. The normalized spacial score (nSPS) is 16.1.